The van der Waals surface area contributed by atoms with Crippen LogP contribution in [0.25, 0.3) is 0 Å². The van der Waals surface area contributed by atoms with Crippen LogP contribution < -0.4 is 31.3 Å². The molecule has 0 bridgehead atoms. The number of anilines is 1. The third kappa shape index (κ3) is 8.01. The Morgan fingerprint density at radius 2 is 1.79 bits per heavy atom. The first-order chi connectivity index (χ1) is 16.4. The van der Waals surface area contributed by atoms with Crippen molar-refractivity contribution in [3.8, 4) is 11.5 Å². The molecular formula is C23H29N5O6. The molecular weight excluding hydrogens is 442 g/mol. The summed E-state index contributed by atoms with van der Waals surface area (Å²) in [5, 5.41) is 11.3. The molecule has 0 saturated carbocycles. The number of amides is 2. The maximum absolute atomic E-state index is 12.5. The second-order valence-electron chi connectivity index (χ2n) is 6.98. The lowest BCUT2D eigenvalue weighted by molar-refractivity contribution is -0.147. The third-order valence-corrected chi connectivity index (χ3v) is 4.60. The van der Waals surface area contributed by atoms with E-state index in [4.69, 9.17) is 20.1 Å². The van der Waals surface area contributed by atoms with Gasteiger partial charge >= 0.3 is 5.97 Å². The summed E-state index contributed by atoms with van der Waals surface area (Å²) in [6, 6.07) is 10.8. The van der Waals surface area contributed by atoms with E-state index in [1.165, 1.54) is 20.6 Å². The molecule has 0 heterocycles. The van der Waals surface area contributed by atoms with E-state index in [0.29, 0.717) is 28.3 Å². The summed E-state index contributed by atoms with van der Waals surface area (Å²) >= 11 is 0. The lowest BCUT2D eigenvalue weighted by Gasteiger charge is -2.18. The minimum absolute atomic E-state index is 0.141. The summed E-state index contributed by atoms with van der Waals surface area (Å²) in [6.07, 6.45) is 1.42. The molecule has 11 heteroatoms. The number of hydrogen-bond acceptors (Lipinski definition) is 8. The van der Waals surface area contributed by atoms with Crippen molar-refractivity contribution in [1.29, 1.82) is 0 Å². The summed E-state index contributed by atoms with van der Waals surface area (Å²) in [5.41, 5.74) is 1.62. The van der Waals surface area contributed by atoms with Gasteiger partial charge in [0.2, 0.25) is 5.91 Å². The van der Waals surface area contributed by atoms with Gasteiger partial charge in [-0.25, -0.2) is 4.79 Å². The minimum atomic E-state index is -0.968. The lowest BCUT2D eigenvalue weighted by atomic mass is 10.0. The standard InChI is InChI=1S/C23H29N5O6/c1-4-34-23(31)20(10-15-8-18(32-2)12-19(9-15)33-3)28-21(29)13-25-22(30)16-6-5-7-17(11-16)26-14-27-24/h5-9,11-12,14,20H,4,10,13,24H2,1-3H3,(H,25,30)(H,26,27)(H,28,29). The van der Waals surface area contributed by atoms with E-state index >= 15 is 0 Å². The van der Waals surface area contributed by atoms with Crippen molar-refractivity contribution in [2.45, 2.75) is 19.4 Å². The molecule has 1 atom stereocenters. The maximum atomic E-state index is 12.5. The fraction of sp³-hybridized carbons (Fsp3) is 0.304. The van der Waals surface area contributed by atoms with Gasteiger partial charge in [-0.3, -0.25) is 9.59 Å². The molecule has 34 heavy (non-hydrogen) atoms. The first-order valence-electron chi connectivity index (χ1n) is 10.4. The molecule has 0 aliphatic carbocycles. The fourth-order valence-corrected chi connectivity index (χ4v) is 3.03. The van der Waals surface area contributed by atoms with Gasteiger partial charge < -0.3 is 36.0 Å². The Labute approximate surface area is 197 Å². The molecule has 2 rings (SSSR count). The van der Waals surface area contributed by atoms with Gasteiger partial charge in [-0.05, 0) is 42.8 Å². The van der Waals surface area contributed by atoms with Crippen molar-refractivity contribution in [2.75, 3.05) is 32.7 Å². The first kappa shape index (κ1) is 26.0. The Bertz CT molecular complexity index is 1000. The fourth-order valence-electron chi connectivity index (χ4n) is 3.03. The van der Waals surface area contributed by atoms with Gasteiger partial charge in [0.05, 0.1) is 27.4 Å². The Morgan fingerprint density at radius 3 is 2.41 bits per heavy atom. The number of nitrogens with zero attached hydrogens (tertiary/aromatic N) is 1. The third-order valence-electron chi connectivity index (χ3n) is 4.60. The van der Waals surface area contributed by atoms with Crippen molar-refractivity contribution in [3.63, 3.8) is 0 Å². The summed E-state index contributed by atoms with van der Waals surface area (Å²) in [5.74, 6) is 4.54. The molecule has 5 N–H and O–H groups in total. The summed E-state index contributed by atoms with van der Waals surface area (Å²) < 4.78 is 15.6. The molecule has 0 saturated heterocycles. The molecule has 182 valence electrons. The highest BCUT2D eigenvalue weighted by Crippen LogP contribution is 2.23. The van der Waals surface area contributed by atoms with E-state index in [-0.39, 0.29) is 19.6 Å². The predicted octanol–water partition coefficient (Wildman–Crippen LogP) is 1.04. The lowest BCUT2D eigenvalue weighted by Crippen LogP contribution is -2.47. The van der Waals surface area contributed by atoms with Crippen molar-refractivity contribution < 1.29 is 28.6 Å². The number of nitrogens with two attached hydrogens (primary N) is 1. The van der Waals surface area contributed by atoms with E-state index in [9.17, 15) is 14.4 Å². The minimum Gasteiger partial charge on any atom is -0.497 e. The highest BCUT2D eigenvalue weighted by molar-refractivity contribution is 5.98. The van der Waals surface area contributed by atoms with Crippen molar-refractivity contribution in [1.82, 2.24) is 10.6 Å². The molecule has 2 amide bonds. The number of esters is 1. The number of rotatable bonds is 12. The van der Waals surface area contributed by atoms with Gasteiger partial charge in [-0.1, -0.05) is 6.07 Å². The summed E-state index contributed by atoms with van der Waals surface area (Å²) in [6.45, 7) is 1.49. The molecule has 0 fully saturated rings. The number of benzene rings is 2. The van der Waals surface area contributed by atoms with Gasteiger partial charge in [0.25, 0.3) is 5.91 Å². The van der Waals surface area contributed by atoms with Crippen LogP contribution in [-0.2, 0) is 20.7 Å². The number of methoxy groups -OCH3 is 2. The molecule has 0 aliphatic rings. The number of carbonyl (C=O) groups is 3. The van der Waals surface area contributed by atoms with Crippen molar-refractivity contribution in [2.24, 2.45) is 10.9 Å². The number of hydrazone groups is 1. The van der Waals surface area contributed by atoms with Gasteiger partial charge in [0.15, 0.2) is 0 Å². The van der Waals surface area contributed by atoms with Crippen LogP contribution in [0, 0.1) is 0 Å². The number of ether oxygens (including phenoxy) is 3. The topological polar surface area (TPSA) is 153 Å². The van der Waals surface area contributed by atoms with Crippen LogP contribution in [0.1, 0.15) is 22.8 Å². The van der Waals surface area contributed by atoms with Crippen molar-refractivity contribution >= 4 is 29.8 Å². The highest BCUT2D eigenvalue weighted by Gasteiger charge is 2.23. The van der Waals surface area contributed by atoms with E-state index < -0.39 is 23.8 Å². The van der Waals surface area contributed by atoms with Crippen molar-refractivity contribution in [3.05, 3.63) is 53.6 Å². The van der Waals surface area contributed by atoms with Gasteiger partial charge in [-0.2, -0.15) is 5.10 Å². The molecule has 2 aromatic rings. The summed E-state index contributed by atoms with van der Waals surface area (Å²) in [7, 11) is 3.03. The summed E-state index contributed by atoms with van der Waals surface area (Å²) in [4.78, 5) is 37.4. The smallest absolute Gasteiger partial charge is 0.328 e. The number of hydrogen-bond donors (Lipinski definition) is 4. The zero-order valence-electron chi connectivity index (χ0n) is 19.3. The van der Waals surface area contributed by atoms with Crippen LogP contribution in [0.15, 0.2) is 47.6 Å². The molecule has 0 aliphatic heterocycles. The van der Waals surface area contributed by atoms with Crippen LogP contribution in [-0.4, -0.2) is 57.5 Å². The Balaban J connectivity index is 2.04. The van der Waals surface area contributed by atoms with Gasteiger partial charge in [-0.15, -0.1) is 0 Å². The first-order valence-corrected chi connectivity index (χ1v) is 10.4. The quantitative estimate of drug-likeness (QED) is 0.118. The van der Waals surface area contributed by atoms with Crippen LogP contribution in [0.5, 0.6) is 11.5 Å². The number of carbonyl (C=O) groups excluding carboxylic acids is 3. The maximum Gasteiger partial charge on any atom is 0.328 e. The average molecular weight is 472 g/mol. The molecule has 0 aromatic heterocycles. The van der Waals surface area contributed by atoms with E-state index in [1.54, 1.807) is 49.4 Å². The van der Waals surface area contributed by atoms with E-state index in [1.807, 2.05) is 0 Å². The Hall–Kier alpha value is -4.28. The molecule has 11 nitrogen and oxygen atoms in total. The van der Waals surface area contributed by atoms with Gasteiger partial charge in [0.1, 0.15) is 23.9 Å². The molecule has 0 radical (unpaired) electrons. The molecule has 0 spiro atoms. The zero-order chi connectivity index (χ0) is 24.9. The SMILES string of the molecule is CCOC(=O)C(Cc1cc(OC)cc(OC)c1)NC(=O)CNC(=O)c1cccc(NC=NN)c1. The van der Waals surface area contributed by atoms with Crippen LogP contribution in [0.4, 0.5) is 5.69 Å². The van der Waals surface area contributed by atoms with Crippen LogP contribution >= 0.6 is 0 Å². The molecule has 1 unspecified atom stereocenters. The monoisotopic (exact) mass is 471 g/mol. The average Bonchev–Trinajstić information content (AvgIpc) is 2.85. The highest BCUT2D eigenvalue weighted by atomic mass is 16.5. The van der Waals surface area contributed by atoms with E-state index in [2.05, 4.69) is 21.1 Å². The van der Waals surface area contributed by atoms with E-state index in [0.717, 1.165) is 0 Å². The largest absolute Gasteiger partial charge is 0.497 e. The Morgan fingerprint density at radius 1 is 1.09 bits per heavy atom. The van der Waals surface area contributed by atoms with Gasteiger partial charge in [0, 0.05) is 23.7 Å². The second-order valence-corrected chi connectivity index (χ2v) is 6.98. The van der Waals surface area contributed by atoms with Crippen LogP contribution in [0.2, 0.25) is 0 Å². The number of nitrogens with one attached hydrogen (secondary N) is 3. The normalized spacial score (nSPS) is 11.4. The zero-order valence-corrected chi connectivity index (χ0v) is 19.3. The van der Waals surface area contributed by atoms with Crippen LogP contribution in [0.3, 0.4) is 0 Å². The molecule has 2 aromatic carbocycles. The second kappa shape index (κ2) is 13.3. The Kier molecular flexibility index (Phi) is 10.2. The predicted molar refractivity (Wildman–Crippen MR) is 127 cm³/mol.